The highest BCUT2D eigenvalue weighted by Gasteiger charge is 2.12. The number of hydrazone groups is 1. The number of anilines is 1. The van der Waals surface area contributed by atoms with Gasteiger partial charge in [-0.05, 0) is 98.8 Å². The fraction of sp³-hybridized carbons (Fsp3) is 0.125. The molecule has 0 radical (unpaired) electrons. The van der Waals surface area contributed by atoms with Gasteiger partial charge < -0.3 is 10.1 Å². The third-order valence-corrected chi connectivity index (χ3v) is 5.75. The molecule has 2 amide bonds. The second-order valence-corrected chi connectivity index (χ2v) is 8.72. The highest BCUT2D eigenvalue weighted by molar-refractivity contribution is 9.11. The predicted octanol–water partition coefficient (Wildman–Crippen LogP) is 5.61. The molecule has 0 fully saturated rings. The normalized spacial score (nSPS) is 10.8. The zero-order chi connectivity index (χ0) is 23.1. The molecule has 0 heterocycles. The van der Waals surface area contributed by atoms with Crippen LogP contribution in [0.15, 0.2) is 74.7 Å². The number of carbonyl (C=O) groups is 2. The predicted molar refractivity (Wildman–Crippen MR) is 133 cm³/mol. The van der Waals surface area contributed by atoms with E-state index >= 15 is 0 Å². The molecule has 3 rings (SSSR count). The molecule has 0 aliphatic carbocycles. The molecular weight excluding hydrogens is 538 g/mol. The standard InChI is InChI=1S/C24H21Br2N3O3/c1-15-8-9-19(10-16(15)2)28-22(30)14-32-23-20(25)11-17(12-21(23)26)13-27-29-24(31)18-6-4-3-5-7-18/h3-13H,14H2,1-2H3,(H,28,30)(H,29,31)/b27-13+. The Bertz CT molecular complexity index is 1140. The molecule has 2 N–H and O–H groups in total. The first-order chi connectivity index (χ1) is 15.3. The summed E-state index contributed by atoms with van der Waals surface area (Å²) >= 11 is 6.91. The van der Waals surface area contributed by atoms with Gasteiger partial charge in [-0.3, -0.25) is 9.59 Å². The van der Waals surface area contributed by atoms with E-state index in [2.05, 4.69) is 47.7 Å². The molecule has 0 saturated carbocycles. The van der Waals surface area contributed by atoms with E-state index in [1.807, 2.05) is 38.1 Å². The summed E-state index contributed by atoms with van der Waals surface area (Å²) in [5.74, 6) is -0.0678. The van der Waals surface area contributed by atoms with E-state index in [1.54, 1.807) is 36.4 Å². The number of hydrogen-bond acceptors (Lipinski definition) is 4. The summed E-state index contributed by atoms with van der Waals surface area (Å²) in [6, 6.07) is 18.1. The number of carbonyl (C=O) groups excluding carboxylic acids is 2. The maximum atomic E-state index is 12.3. The molecule has 0 aliphatic rings. The van der Waals surface area contributed by atoms with Crippen molar-refractivity contribution in [2.75, 3.05) is 11.9 Å². The van der Waals surface area contributed by atoms with Gasteiger partial charge in [0, 0.05) is 11.3 Å². The average molecular weight is 559 g/mol. The molecule has 0 spiro atoms. The number of halogens is 2. The van der Waals surface area contributed by atoms with Crippen LogP contribution in [-0.4, -0.2) is 24.6 Å². The summed E-state index contributed by atoms with van der Waals surface area (Å²) in [6.45, 7) is 3.86. The number of nitrogens with one attached hydrogen (secondary N) is 2. The first-order valence-electron chi connectivity index (χ1n) is 9.71. The Kier molecular flexibility index (Phi) is 8.19. The lowest BCUT2D eigenvalue weighted by Crippen LogP contribution is -2.20. The first-order valence-corrected chi connectivity index (χ1v) is 11.3. The Morgan fingerprint density at radius 1 is 0.969 bits per heavy atom. The highest BCUT2D eigenvalue weighted by Crippen LogP contribution is 2.34. The molecule has 0 unspecified atom stereocenters. The summed E-state index contributed by atoms with van der Waals surface area (Å²) in [6.07, 6.45) is 1.52. The van der Waals surface area contributed by atoms with Crippen molar-refractivity contribution in [3.8, 4) is 5.75 Å². The first kappa shape index (κ1) is 23.7. The Morgan fingerprint density at radius 2 is 1.66 bits per heavy atom. The molecule has 6 nitrogen and oxygen atoms in total. The zero-order valence-electron chi connectivity index (χ0n) is 17.5. The quantitative estimate of drug-likeness (QED) is 0.292. The third-order valence-electron chi connectivity index (χ3n) is 4.57. The lowest BCUT2D eigenvalue weighted by atomic mass is 10.1. The average Bonchev–Trinajstić information content (AvgIpc) is 2.76. The van der Waals surface area contributed by atoms with Crippen LogP contribution >= 0.6 is 31.9 Å². The SMILES string of the molecule is Cc1ccc(NC(=O)COc2c(Br)cc(/C=N/NC(=O)c3ccccc3)cc2Br)cc1C. The summed E-state index contributed by atoms with van der Waals surface area (Å²) in [5, 5.41) is 6.82. The van der Waals surface area contributed by atoms with Gasteiger partial charge in [-0.1, -0.05) is 24.3 Å². The largest absolute Gasteiger partial charge is 0.481 e. The van der Waals surface area contributed by atoms with Gasteiger partial charge in [-0.2, -0.15) is 5.10 Å². The van der Waals surface area contributed by atoms with Crippen molar-refractivity contribution in [2.24, 2.45) is 5.10 Å². The van der Waals surface area contributed by atoms with Crippen LogP contribution in [0.4, 0.5) is 5.69 Å². The fourth-order valence-electron chi connectivity index (χ4n) is 2.77. The fourth-order valence-corrected chi connectivity index (χ4v) is 4.22. The molecule has 3 aromatic rings. The van der Waals surface area contributed by atoms with Gasteiger partial charge in [0.15, 0.2) is 6.61 Å². The molecule has 0 aliphatic heterocycles. The number of nitrogens with zero attached hydrogens (tertiary/aromatic N) is 1. The minimum atomic E-state index is -0.297. The molecule has 0 aromatic heterocycles. The van der Waals surface area contributed by atoms with Crippen LogP contribution in [0.2, 0.25) is 0 Å². The number of ether oxygens (including phenoxy) is 1. The van der Waals surface area contributed by atoms with Crippen LogP contribution in [0.25, 0.3) is 0 Å². The lowest BCUT2D eigenvalue weighted by molar-refractivity contribution is -0.118. The summed E-state index contributed by atoms with van der Waals surface area (Å²) in [7, 11) is 0. The molecule has 3 aromatic carbocycles. The summed E-state index contributed by atoms with van der Waals surface area (Å²) in [5.41, 5.74) is 6.73. The monoisotopic (exact) mass is 557 g/mol. The Labute approximate surface area is 203 Å². The number of aryl methyl sites for hydroxylation is 2. The van der Waals surface area contributed by atoms with Gasteiger partial charge in [0.2, 0.25) is 0 Å². The summed E-state index contributed by atoms with van der Waals surface area (Å²) < 4.78 is 6.97. The van der Waals surface area contributed by atoms with Crippen molar-refractivity contribution in [1.29, 1.82) is 0 Å². The van der Waals surface area contributed by atoms with Crippen molar-refractivity contribution in [1.82, 2.24) is 5.43 Å². The van der Waals surface area contributed by atoms with Crippen molar-refractivity contribution < 1.29 is 14.3 Å². The van der Waals surface area contributed by atoms with E-state index in [0.717, 1.165) is 22.4 Å². The van der Waals surface area contributed by atoms with E-state index in [4.69, 9.17) is 4.74 Å². The topological polar surface area (TPSA) is 79.8 Å². The van der Waals surface area contributed by atoms with E-state index < -0.39 is 0 Å². The van der Waals surface area contributed by atoms with Crippen molar-refractivity contribution in [2.45, 2.75) is 13.8 Å². The van der Waals surface area contributed by atoms with Gasteiger partial charge in [-0.15, -0.1) is 0 Å². The summed E-state index contributed by atoms with van der Waals surface area (Å²) in [4.78, 5) is 24.3. The zero-order valence-corrected chi connectivity index (χ0v) is 20.7. The van der Waals surface area contributed by atoms with E-state index in [-0.39, 0.29) is 18.4 Å². The second kappa shape index (κ2) is 11.1. The maximum absolute atomic E-state index is 12.3. The van der Waals surface area contributed by atoms with E-state index in [9.17, 15) is 9.59 Å². The van der Waals surface area contributed by atoms with Crippen LogP contribution < -0.4 is 15.5 Å². The van der Waals surface area contributed by atoms with Crippen LogP contribution in [0.1, 0.15) is 27.0 Å². The van der Waals surface area contributed by atoms with Crippen LogP contribution in [-0.2, 0) is 4.79 Å². The van der Waals surface area contributed by atoms with Gasteiger partial charge in [-0.25, -0.2) is 5.43 Å². The van der Waals surface area contributed by atoms with Gasteiger partial charge in [0.25, 0.3) is 11.8 Å². The lowest BCUT2D eigenvalue weighted by Gasteiger charge is -2.12. The van der Waals surface area contributed by atoms with Gasteiger partial charge in [0.1, 0.15) is 5.75 Å². The Balaban J connectivity index is 1.58. The van der Waals surface area contributed by atoms with Crippen molar-refractivity contribution in [3.05, 3.63) is 91.9 Å². The van der Waals surface area contributed by atoms with Gasteiger partial charge in [0.05, 0.1) is 15.2 Å². The number of benzene rings is 3. The van der Waals surface area contributed by atoms with Crippen LogP contribution in [0, 0.1) is 13.8 Å². The molecule has 164 valence electrons. The number of hydrogen-bond donors (Lipinski definition) is 2. The minimum absolute atomic E-state index is 0.148. The Hall–Kier alpha value is -2.97. The smallest absolute Gasteiger partial charge is 0.271 e. The Morgan fingerprint density at radius 3 is 2.31 bits per heavy atom. The van der Waals surface area contributed by atoms with Crippen LogP contribution in [0.5, 0.6) is 5.75 Å². The molecular formula is C24H21Br2N3O3. The minimum Gasteiger partial charge on any atom is -0.481 e. The molecule has 0 bridgehead atoms. The number of amides is 2. The highest BCUT2D eigenvalue weighted by atomic mass is 79.9. The molecule has 32 heavy (non-hydrogen) atoms. The molecule has 8 heteroatoms. The molecule has 0 saturated heterocycles. The van der Waals surface area contributed by atoms with E-state index in [1.165, 1.54) is 6.21 Å². The molecule has 0 atom stereocenters. The van der Waals surface area contributed by atoms with Crippen molar-refractivity contribution >= 4 is 55.6 Å². The van der Waals surface area contributed by atoms with Crippen molar-refractivity contribution in [3.63, 3.8) is 0 Å². The van der Waals surface area contributed by atoms with Gasteiger partial charge >= 0.3 is 0 Å². The second-order valence-electron chi connectivity index (χ2n) is 7.01. The maximum Gasteiger partial charge on any atom is 0.271 e. The van der Waals surface area contributed by atoms with E-state index in [0.29, 0.717) is 20.3 Å². The van der Waals surface area contributed by atoms with Crippen LogP contribution in [0.3, 0.4) is 0 Å². The third kappa shape index (κ3) is 6.51. The number of rotatable bonds is 7.